The Bertz CT molecular complexity index is 212. The molecule has 0 aromatic rings. The van der Waals surface area contributed by atoms with Crippen LogP contribution in [0.15, 0.2) is 16.3 Å². The fourth-order valence-corrected chi connectivity index (χ4v) is 1.53. The molecule has 0 radical (unpaired) electrons. The Morgan fingerprint density at radius 3 is 1.67 bits per heavy atom. The average Bonchev–Trinajstić information content (AvgIpc) is 1.83. The van der Waals surface area contributed by atoms with Crippen molar-refractivity contribution in [1.29, 1.82) is 0 Å². The predicted molar refractivity (Wildman–Crippen MR) is 55.4 cm³/mol. The van der Waals surface area contributed by atoms with Crippen molar-refractivity contribution in [3.8, 4) is 0 Å². The van der Waals surface area contributed by atoms with E-state index in [4.69, 9.17) is 5.73 Å². The van der Waals surface area contributed by atoms with Gasteiger partial charge in [0.1, 0.15) is 0 Å². The number of hydrogen-bond donors (Lipinski definition) is 1. The van der Waals surface area contributed by atoms with E-state index in [1.807, 2.05) is 13.8 Å². The highest BCUT2D eigenvalue weighted by atomic mass is 14.7. The number of hydrogen-bond acceptors (Lipinski definition) is 2. The third-order valence-electron chi connectivity index (χ3n) is 1.84. The molecule has 70 valence electrons. The Labute approximate surface area is 75.6 Å². The maximum Gasteiger partial charge on any atom is 0.0368 e. The van der Waals surface area contributed by atoms with Crippen molar-refractivity contribution in [2.45, 2.75) is 34.6 Å². The normalized spacial score (nSPS) is 16.0. The topological polar surface area (TPSA) is 38.4 Å². The molecule has 0 saturated heterocycles. The van der Waals surface area contributed by atoms with E-state index in [0.717, 1.165) is 17.0 Å². The van der Waals surface area contributed by atoms with Crippen molar-refractivity contribution in [1.82, 2.24) is 0 Å². The van der Waals surface area contributed by atoms with E-state index in [9.17, 15) is 0 Å². The highest BCUT2D eigenvalue weighted by molar-refractivity contribution is 5.99. The first-order chi connectivity index (χ1) is 5.30. The van der Waals surface area contributed by atoms with Crippen molar-refractivity contribution in [2.75, 3.05) is 7.05 Å². The molecule has 0 fully saturated rings. The number of rotatable bonds is 1. The van der Waals surface area contributed by atoms with Gasteiger partial charge in [-0.25, -0.2) is 0 Å². The Morgan fingerprint density at radius 2 is 1.58 bits per heavy atom. The maximum atomic E-state index is 5.80. The van der Waals surface area contributed by atoms with Gasteiger partial charge in [0, 0.05) is 18.5 Å². The largest absolute Gasteiger partial charge is 0.402 e. The lowest BCUT2D eigenvalue weighted by atomic mass is 9.83. The summed E-state index contributed by atoms with van der Waals surface area (Å²) in [6, 6.07) is 0. The molecule has 0 aliphatic rings. The molecule has 0 rings (SSSR count). The molecule has 2 heteroatoms. The summed E-state index contributed by atoms with van der Waals surface area (Å²) in [4.78, 5) is 4.16. The second-order valence-electron chi connectivity index (χ2n) is 4.12. The van der Waals surface area contributed by atoms with Crippen molar-refractivity contribution in [2.24, 2.45) is 16.1 Å². The van der Waals surface area contributed by atoms with Crippen LogP contribution in [0.25, 0.3) is 0 Å². The summed E-state index contributed by atoms with van der Waals surface area (Å²) in [6.45, 7) is 10.4. The lowest BCUT2D eigenvalue weighted by Gasteiger charge is -2.24. The van der Waals surface area contributed by atoms with Crippen molar-refractivity contribution in [3.05, 3.63) is 11.3 Å². The molecule has 0 aromatic carbocycles. The molecule has 0 spiro atoms. The summed E-state index contributed by atoms with van der Waals surface area (Å²) < 4.78 is 0. The minimum atomic E-state index is 0.0857. The highest BCUT2D eigenvalue weighted by Gasteiger charge is 2.20. The molecule has 0 aliphatic heterocycles. The number of aliphatic imine (C=N–C) groups is 1. The Kier molecular flexibility index (Phi) is 3.50. The summed E-state index contributed by atoms with van der Waals surface area (Å²) in [5.74, 6) is 0. The minimum absolute atomic E-state index is 0.0857. The van der Waals surface area contributed by atoms with Gasteiger partial charge in [0.05, 0.1) is 0 Å². The first-order valence-electron chi connectivity index (χ1n) is 4.21. The second-order valence-corrected chi connectivity index (χ2v) is 4.12. The van der Waals surface area contributed by atoms with Crippen molar-refractivity contribution in [3.63, 3.8) is 0 Å². The van der Waals surface area contributed by atoms with E-state index in [-0.39, 0.29) is 5.41 Å². The van der Waals surface area contributed by atoms with Crippen LogP contribution < -0.4 is 5.73 Å². The van der Waals surface area contributed by atoms with E-state index < -0.39 is 0 Å². The summed E-state index contributed by atoms with van der Waals surface area (Å²) in [7, 11) is 1.80. The van der Waals surface area contributed by atoms with E-state index in [2.05, 4.69) is 25.8 Å². The molecule has 12 heavy (non-hydrogen) atoms. The minimum Gasteiger partial charge on any atom is -0.402 e. The molecule has 0 aromatic heterocycles. The monoisotopic (exact) mass is 168 g/mol. The van der Waals surface area contributed by atoms with Crippen LogP contribution in [0.5, 0.6) is 0 Å². The molecule has 0 saturated carbocycles. The zero-order valence-electron chi connectivity index (χ0n) is 9.02. The smallest absolute Gasteiger partial charge is 0.0368 e. The van der Waals surface area contributed by atoms with Crippen LogP contribution in [0.2, 0.25) is 0 Å². The van der Waals surface area contributed by atoms with Gasteiger partial charge < -0.3 is 5.73 Å². The van der Waals surface area contributed by atoms with E-state index >= 15 is 0 Å². The van der Waals surface area contributed by atoms with Gasteiger partial charge in [0.2, 0.25) is 0 Å². The SMILES string of the molecule is CN=C(C)/C(=C(/C)N)C(C)(C)C. The summed E-state index contributed by atoms with van der Waals surface area (Å²) in [5, 5.41) is 0. The molecule has 0 aliphatic carbocycles. The van der Waals surface area contributed by atoms with Crippen LogP contribution in [0, 0.1) is 5.41 Å². The molecule has 2 nitrogen and oxygen atoms in total. The van der Waals surface area contributed by atoms with Crippen LogP contribution in [0.3, 0.4) is 0 Å². The second kappa shape index (κ2) is 3.74. The molecule has 0 heterocycles. The number of nitrogens with two attached hydrogens (primary N) is 1. The van der Waals surface area contributed by atoms with Crippen LogP contribution in [0.1, 0.15) is 34.6 Å². The first kappa shape index (κ1) is 11.2. The lowest BCUT2D eigenvalue weighted by Crippen LogP contribution is -2.20. The Morgan fingerprint density at radius 1 is 1.17 bits per heavy atom. The maximum absolute atomic E-state index is 5.80. The summed E-state index contributed by atoms with van der Waals surface area (Å²) in [5.41, 5.74) is 8.94. The average molecular weight is 168 g/mol. The number of allylic oxidation sites excluding steroid dienone is 2. The van der Waals surface area contributed by atoms with Crippen LogP contribution in [-0.4, -0.2) is 12.8 Å². The van der Waals surface area contributed by atoms with E-state index in [0.29, 0.717) is 0 Å². The van der Waals surface area contributed by atoms with Gasteiger partial charge >= 0.3 is 0 Å². The fraction of sp³-hybridized carbons (Fsp3) is 0.700. The molecule has 0 bridgehead atoms. The first-order valence-corrected chi connectivity index (χ1v) is 4.21. The molecule has 2 N–H and O–H groups in total. The van der Waals surface area contributed by atoms with Gasteiger partial charge in [0.25, 0.3) is 0 Å². The lowest BCUT2D eigenvalue weighted by molar-refractivity contribution is 0.518. The fourth-order valence-electron chi connectivity index (χ4n) is 1.53. The van der Waals surface area contributed by atoms with Gasteiger partial charge in [0.15, 0.2) is 0 Å². The van der Waals surface area contributed by atoms with Gasteiger partial charge in [-0.3, -0.25) is 4.99 Å². The van der Waals surface area contributed by atoms with Crippen molar-refractivity contribution >= 4 is 5.71 Å². The van der Waals surface area contributed by atoms with Gasteiger partial charge in [-0.15, -0.1) is 0 Å². The van der Waals surface area contributed by atoms with Crippen LogP contribution >= 0.6 is 0 Å². The predicted octanol–water partition coefficient (Wildman–Crippen LogP) is 2.36. The zero-order valence-corrected chi connectivity index (χ0v) is 9.02. The third kappa shape index (κ3) is 2.68. The van der Waals surface area contributed by atoms with Crippen LogP contribution in [0.4, 0.5) is 0 Å². The zero-order chi connectivity index (χ0) is 9.94. The third-order valence-corrected chi connectivity index (χ3v) is 1.84. The number of nitrogens with zero attached hydrogens (tertiary/aromatic N) is 1. The summed E-state index contributed by atoms with van der Waals surface area (Å²) in [6.07, 6.45) is 0. The summed E-state index contributed by atoms with van der Waals surface area (Å²) >= 11 is 0. The highest BCUT2D eigenvalue weighted by Crippen LogP contribution is 2.27. The van der Waals surface area contributed by atoms with E-state index in [1.165, 1.54) is 0 Å². The Balaban J connectivity index is 5.12. The Hall–Kier alpha value is -0.790. The van der Waals surface area contributed by atoms with Gasteiger partial charge in [-0.1, -0.05) is 20.8 Å². The van der Waals surface area contributed by atoms with Crippen molar-refractivity contribution < 1.29 is 0 Å². The molecule has 0 unspecified atom stereocenters. The van der Waals surface area contributed by atoms with Gasteiger partial charge in [-0.2, -0.15) is 0 Å². The molecular weight excluding hydrogens is 148 g/mol. The molecule has 0 amide bonds. The van der Waals surface area contributed by atoms with Crippen LogP contribution in [-0.2, 0) is 0 Å². The van der Waals surface area contributed by atoms with Gasteiger partial charge in [-0.05, 0) is 24.8 Å². The molecule has 0 atom stereocenters. The quantitative estimate of drug-likeness (QED) is 0.600. The van der Waals surface area contributed by atoms with E-state index in [1.54, 1.807) is 7.05 Å². The standard InChI is InChI=1S/C10H20N2/c1-7(11)9(8(2)12-6)10(3,4)5/h11H2,1-6H3/b9-7+,12-8?. The molecular formula is C10H20N2.